The fourth-order valence-corrected chi connectivity index (χ4v) is 22.7. The van der Waals surface area contributed by atoms with E-state index in [9.17, 15) is 25.5 Å². The molecule has 18 rings (SSSR count). The molecule has 16 unspecified atom stereocenters. The molecule has 5 aromatic carbocycles. The molecule has 480 valence electrons. The van der Waals surface area contributed by atoms with E-state index in [0.717, 1.165) is 76.8 Å². The Hall–Kier alpha value is -5.98. The normalized spacial score (nSPS) is 37.0. The van der Waals surface area contributed by atoms with Gasteiger partial charge in [0.1, 0.15) is 53.0 Å². The van der Waals surface area contributed by atoms with Gasteiger partial charge < -0.3 is 54.0 Å². The van der Waals surface area contributed by atoms with Gasteiger partial charge in [-0.25, -0.2) is 0 Å². The summed E-state index contributed by atoms with van der Waals surface area (Å²) in [7, 11) is 1.73. The van der Waals surface area contributed by atoms with Crippen LogP contribution in [0.3, 0.4) is 0 Å². The monoisotopic (exact) mass is 1230 g/mol. The van der Waals surface area contributed by atoms with Crippen molar-refractivity contribution in [1.82, 2.24) is 10.6 Å². The third-order valence-electron chi connectivity index (χ3n) is 26.5. The topological polar surface area (TPSA) is 181 Å². The molecule has 91 heavy (non-hydrogen) atoms. The van der Waals surface area contributed by atoms with E-state index in [0.29, 0.717) is 90.5 Å². The van der Waals surface area contributed by atoms with Gasteiger partial charge in [-0.15, -0.1) is 0 Å². The van der Waals surface area contributed by atoms with Gasteiger partial charge in [-0.3, -0.25) is 10.6 Å². The number of methoxy groups -OCH3 is 1. The first-order valence-electron chi connectivity index (χ1n) is 35.3. The number of benzene rings is 5. The minimum Gasteiger partial charge on any atom is -0.508 e. The number of aliphatic hydroxyl groups excluding tert-OH is 2. The number of hydrogen-bond donors (Lipinski definition) is 7. The number of aryl methyl sites for hydroxylation is 1. The van der Waals surface area contributed by atoms with Gasteiger partial charge in [0.05, 0.1) is 54.2 Å². The molecule has 0 amide bonds. The zero-order valence-electron chi connectivity index (χ0n) is 53.2. The molecule has 6 bridgehead atoms. The molecule has 0 radical (unpaired) electrons. The standard InChI is InChI=1S/C78H92N2O11/c1-3-45-35-58(46-12-8-15-52(81)33-46)47(36-63(45)83)32-48-34-55(89-54-16-4-5-17-54)39-60-69(85)62(42-88-70(48)60)68-65(18-11-30-86-2)90-71-56-23-21-53(82)38-59(56)66-40-61(71)72(68)91-73-57-22-19-50(37-64(57)84)78(73)51(14-10-31-87-66)41-79-77(80-78)44-75(26-6-7-27-75)76-29-28-74(43-76)25-9-13-49(74)20-24-67(76)77/h8,12,15,19,21-23,33-36,38-40,49-51,54,57,62,64-65,67-69,72-73,79-85H,3-7,9,11,13,16-18,20,24-32,37,41-44H2,1-2H3. The first-order chi connectivity index (χ1) is 44.3. The predicted molar refractivity (Wildman–Crippen MR) is 347 cm³/mol. The molecule has 13 heteroatoms. The molecule has 7 saturated carbocycles. The summed E-state index contributed by atoms with van der Waals surface area (Å²) in [5, 5.41) is 70.9. The number of rotatable bonds is 11. The average molecular weight is 1230 g/mol. The molecular weight excluding hydrogens is 1140 g/mol. The summed E-state index contributed by atoms with van der Waals surface area (Å²) in [5.41, 5.74) is 5.52. The van der Waals surface area contributed by atoms with Crippen LogP contribution in [0.15, 0.2) is 84.9 Å². The largest absolute Gasteiger partial charge is 0.508 e. The van der Waals surface area contributed by atoms with Crippen LogP contribution in [-0.4, -0.2) is 94.6 Å². The molecule has 4 aliphatic heterocycles. The zero-order chi connectivity index (χ0) is 61.6. The van der Waals surface area contributed by atoms with Crippen molar-refractivity contribution < 1.29 is 54.0 Å². The minimum absolute atomic E-state index is 0.0274. The smallest absolute Gasteiger partial charge is 0.149 e. The first kappa shape index (κ1) is 58.8. The van der Waals surface area contributed by atoms with Crippen molar-refractivity contribution >= 4 is 10.8 Å². The number of aliphatic hydroxyl groups is 2. The van der Waals surface area contributed by atoms with Crippen LogP contribution in [0.5, 0.6) is 40.2 Å². The summed E-state index contributed by atoms with van der Waals surface area (Å²) in [6.07, 6.45) is 25.1. The van der Waals surface area contributed by atoms with Gasteiger partial charge >= 0.3 is 0 Å². The Kier molecular flexibility index (Phi) is 14.4. The van der Waals surface area contributed by atoms with Gasteiger partial charge in [0.15, 0.2) is 0 Å². The number of fused-ring (bicyclic) bond motifs is 7. The van der Waals surface area contributed by atoms with E-state index in [-0.39, 0.29) is 70.8 Å². The highest BCUT2D eigenvalue weighted by Gasteiger charge is 2.77. The minimum atomic E-state index is -1.09. The molecule has 4 heterocycles. The van der Waals surface area contributed by atoms with E-state index in [2.05, 4.69) is 41.4 Å². The van der Waals surface area contributed by atoms with Gasteiger partial charge in [0.25, 0.3) is 0 Å². The molecule has 5 spiro atoms. The second-order valence-corrected chi connectivity index (χ2v) is 30.6. The predicted octanol–water partition coefficient (Wildman–Crippen LogP) is 13.6. The molecule has 13 nitrogen and oxygen atoms in total. The highest BCUT2D eigenvalue weighted by Crippen LogP contribution is 2.80. The molecule has 8 fully saturated rings. The number of phenols is 3. The van der Waals surface area contributed by atoms with Crippen LogP contribution >= 0.6 is 0 Å². The average Bonchev–Trinajstić information content (AvgIpc) is 1.53. The highest BCUT2D eigenvalue weighted by molar-refractivity contribution is 5.96. The van der Waals surface area contributed by atoms with Crippen molar-refractivity contribution in [2.45, 2.75) is 196 Å². The Labute approximate surface area is 536 Å². The zero-order valence-corrected chi connectivity index (χ0v) is 53.2. The quantitative estimate of drug-likeness (QED) is 0.0378. The van der Waals surface area contributed by atoms with Gasteiger partial charge in [-0.2, -0.15) is 0 Å². The summed E-state index contributed by atoms with van der Waals surface area (Å²) in [4.78, 5) is 0. The molecular formula is C78H92N2O11. The first-order valence-corrected chi connectivity index (χ1v) is 35.3. The molecule has 5 aromatic rings. The van der Waals surface area contributed by atoms with E-state index in [1.807, 2.05) is 43.3 Å². The number of nitrogens with one attached hydrogen (secondary N) is 2. The number of aromatic hydroxyl groups is 3. The number of phenolic OH excluding ortho intramolecular Hbond substituents is 3. The summed E-state index contributed by atoms with van der Waals surface area (Å²) in [6, 6.07) is 22.6. The van der Waals surface area contributed by atoms with Crippen LogP contribution in [-0.2, 0) is 22.3 Å². The third-order valence-corrected chi connectivity index (χ3v) is 26.5. The van der Waals surface area contributed by atoms with Crippen molar-refractivity contribution in [2.24, 2.45) is 57.7 Å². The Bertz CT molecular complexity index is 3770. The second kappa shape index (κ2) is 22.3. The summed E-state index contributed by atoms with van der Waals surface area (Å²) >= 11 is 0. The third kappa shape index (κ3) is 9.11. The Morgan fingerprint density at radius 2 is 1.64 bits per heavy atom. The lowest BCUT2D eigenvalue weighted by molar-refractivity contribution is -0.211. The lowest BCUT2D eigenvalue weighted by Crippen LogP contribution is -2.83. The lowest BCUT2D eigenvalue weighted by Gasteiger charge is -2.65. The fraction of sp³-hybridized carbons (Fsp3) is 0.590. The molecule has 13 aliphatic rings. The van der Waals surface area contributed by atoms with Gasteiger partial charge in [0.2, 0.25) is 0 Å². The maximum Gasteiger partial charge on any atom is 0.149 e. The van der Waals surface area contributed by atoms with Gasteiger partial charge in [0, 0.05) is 77.8 Å². The van der Waals surface area contributed by atoms with Crippen molar-refractivity contribution in [1.29, 1.82) is 0 Å². The van der Waals surface area contributed by atoms with Crippen molar-refractivity contribution in [3.63, 3.8) is 0 Å². The SMILES string of the molecule is CCc1cc(-c2cccc(O)c2)c(Cc2cc(OC3CCCC3)cc3c2OCC(C2C(CCCOC)Oc4c5cc(c6cc(O)ccc46)OCC#CC4CNC6(CC7(CCCC7)C78CCC9(CCCC9CCC67)C8)NC46C4C=CC(C(O)C4)C6OC52)C3O)cc1O. The van der Waals surface area contributed by atoms with Crippen LogP contribution in [0.1, 0.15) is 175 Å². The molecule has 7 N–H and O–H groups in total. The van der Waals surface area contributed by atoms with E-state index in [1.165, 1.54) is 77.0 Å². The fourth-order valence-electron chi connectivity index (χ4n) is 22.7. The van der Waals surface area contributed by atoms with Crippen LogP contribution in [0.2, 0.25) is 0 Å². The summed E-state index contributed by atoms with van der Waals surface area (Å²) in [6.45, 7) is 3.48. The molecule has 1 saturated heterocycles. The van der Waals surface area contributed by atoms with Crippen LogP contribution < -0.4 is 29.6 Å². The summed E-state index contributed by atoms with van der Waals surface area (Å²) in [5.74, 6) is 9.88. The summed E-state index contributed by atoms with van der Waals surface area (Å²) < 4.78 is 43.0. The Balaban J connectivity index is 0.822. The van der Waals surface area contributed by atoms with E-state index in [4.69, 9.17) is 33.7 Å². The Morgan fingerprint density at radius 3 is 2.47 bits per heavy atom. The molecule has 0 aromatic heterocycles. The molecule has 9 aliphatic carbocycles. The van der Waals surface area contributed by atoms with Crippen LogP contribution in [0, 0.1) is 69.5 Å². The number of hydrogen-bond acceptors (Lipinski definition) is 13. The highest BCUT2D eigenvalue weighted by atomic mass is 16.5. The van der Waals surface area contributed by atoms with E-state index in [1.54, 1.807) is 31.4 Å². The number of ether oxygens (including phenoxy) is 6. The Morgan fingerprint density at radius 1 is 0.769 bits per heavy atom. The van der Waals surface area contributed by atoms with Gasteiger partial charge in [-0.1, -0.05) is 62.3 Å². The van der Waals surface area contributed by atoms with Crippen molar-refractivity contribution in [3.05, 3.63) is 113 Å². The molecule has 16 atom stereocenters. The van der Waals surface area contributed by atoms with Crippen LogP contribution in [0.4, 0.5) is 0 Å². The second-order valence-electron chi connectivity index (χ2n) is 30.6. The van der Waals surface area contributed by atoms with Crippen LogP contribution in [0.25, 0.3) is 21.9 Å². The van der Waals surface area contributed by atoms with E-state index >= 15 is 0 Å². The lowest BCUT2D eigenvalue weighted by atomic mass is 9.54. The van der Waals surface area contributed by atoms with E-state index < -0.39 is 47.9 Å². The maximum atomic E-state index is 13.9. The van der Waals surface area contributed by atoms with Crippen molar-refractivity contribution in [3.8, 4) is 63.2 Å². The maximum absolute atomic E-state index is 13.9. The van der Waals surface area contributed by atoms with Gasteiger partial charge in [-0.05, 0) is 227 Å². The van der Waals surface area contributed by atoms with Crippen molar-refractivity contribution in [2.75, 3.05) is 33.5 Å².